The van der Waals surface area contributed by atoms with Crippen LogP contribution in [-0.2, 0) is 10.0 Å². The summed E-state index contributed by atoms with van der Waals surface area (Å²) in [5, 5.41) is 0. The van der Waals surface area contributed by atoms with Crippen molar-refractivity contribution in [3.05, 3.63) is 0 Å². The predicted octanol–water partition coefficient (Wildman–Crippen LogP) is 1.57. The van der Waals surface area contributed by atoms with Gasteiger partial charge in [-0.3, -0.25) is 0 Å². The minimum absolute atomic E-state index is 0.0985. The Bertz CT molecular complexity index is 328. The molecule has 0 aromatic rings. The second-order valence-electron chi connectivity index (χ2n) is 5.89. The van der Waals surface area contributed by atoms with Gasteiger partial charge in [0.05, 0.1) is 5.75 Å². The number of sulfonamides is 1. The molecule has 1 atom stereocenters. The summed E-state index contributed by atoms with van der Waals surface area (Å²) < 4.78 is 25.9. The molecule has 102 valence electrons. The Morgan fingerprint density at radius 2 is 1.82 bits per heavy atom. The molecule has 1 aliphatic heterocycles. The Balaban J connectivity index is 2.54. The Morgan fingerprint density at radius 1 is 1.29 bits per heavy atom. The first-order valence-corrected chi connectivity index (χ1v) is 8.11. The van der Waals surface area contributed by atoms with E-state index in [1.54, 1.807) is 4.31 Å². The lowest BCUT2D eigenvalue weighted by Crippen LogP contribution is -2.45. The van der Waals surface area contributed by atoms with Gasteiger partial charge in [-0.25, -0.2) is 12.7 Å². The SMILES string of the molecule is CCCC(N)CS(=O)(=O)N1CCC(C)(C)CC1. The largest absolute Gasteiger partial charge is 0.327 e. The first-order valence-electron chi connectivity index (χ1n) is 6.50. The maximum Gasteiger partial charge on any atom is 0.215 e. The Hall–Kier alpha value is -0.130. The van der Waals surface area contributed by atoms with Crippen LogP contribution in [0.3, 0.4) is 0 Å². The average Bonchev–Trinajstić information content (AvgIpc) is 2.16. The maximum atomic E-state index is 12.1. The molecule has 0 spiro atoms. The van der Waals surface area contributed by atoms with Crippen molar-refractivity contribution in [2.24, 2.45) is 11.1 Å². The van der Waals surface area contributed by atoms with Crippen molar-refractivity contribution < 1.29 is 8.42 Å². The number of hydrogen-bond acceptors (Lipinski definition) is 3. The third kappa shape index (κ3) is 4.56. The fourth-order valence-corrected chi connectivity index (χ4v) is 3.86. The van der Waals surface area contributed by atoms with Crippen molar-refractivity contribution in [3.8, 4) is 0 Å². The molecular formula is C12H26N2O2S. The van der Waals surface area contributed by atoms with Gasteiger partial charge in [-0.15, -0.1) is 0 Å². The highest BCUT2D eigenvalue weighted by Crippen LogP contribution is 2.30. The Kier molecular flexibility index (Phi) is 4.98. The number of nitrogens with zero attached hydrogens (tertiary/aromatic N) is 1. The lowest BCUT2D eigenvalue weighted by molar-refractivity contribution is 0.195. The molecule has 4 nitrogen and oxygen atoms in total. The molecule has 0 aromatic carbocycles. The molecular weight excluding hydrogens is 236 g/mol. The highest BCUT2D eigenvalue weighted by Gasteiger charge is 2.32. The van der Waals surface area contributed by atoms with Crippen LogP contribution in [0.25, 0.3) is 0 Å². The quantitative estimate of drug-likeness (QED) is 0.818. The van der Waals surface area contributed by atoms with Gasteiger partial charge in [0.1, 0.15) is 0 Å². The van der Waals surface area contributed by atoms with E-state index in [2.05, 4.69) is 13.8 Å². The summed E-state index contributed by atoms with van der Waals surface area (Å²) in [5.41, 5.74) is 6.10. The van der Waals surface area contributed by atoms with Gasteiger partial charge < -0.3 is 5.73 Å². The zero-order valence-electron chi connectivity index (χ0n) is 11.3. The summed E-state index contributed by atoms with van der Waals surface area (Å²) in [6, 6.07) is -0.222. The number of hydrogen-bond donors (Lipinski definition) is 1. The van der Waals surface area contributed by atoms with Gasteiger partial charge in [0.25, 0.3) is 0 Å². The lowest BCUT2D eigenvalue weighted by atomic mass is 9.83. The fourth-order valence-electron chi connectivity index (χ4n) is 2.20. The molecule has 1 heterocycles. The normalized spacial score (nSPS) is 23.5. The number of piperidine rings is 1. The van der Waals surface area contributed by atoms with E-state index >= 15 is 0 Å². The van der Waals surface area contributed by atoms with E-state index in [0.717, 1.165) is 25.7 Å². The first-order chi connectivity index (χ1) is 7.77. The Labute approximate surface area is 106 Å². The maximum absolute atomic E-state index is 12.1. The molecule has 1 rings (SSSR count). The van der Waals surface area contributed by atoms with Crippen molar-refractivity contribution >= 4 is 10.0 Å². The van der Waals surface area contributed by atoms with E-state index in [9.17, 15) is 8.42 Å². The van der Waals surface area contributed by atoms with Gasteiger partial charge in [-0.1, -0.05) is 27.2 Å². The predicted molar refractivity (Wildman–Crippen MR) is 71.3 cm³/mol. The molecule has 0 saturated carbocycles. The molecule has 0 amide bonds. The van der Waals surface area contributed by atoms with Crippen molar-refractivity contribution in [3.63, 3.8) is 0 Å². The second kappa shape index (κ2) is 5.67. The number of nitrogens with two attached hydrogens (primary N) is 1. The van der Waals surface area contributed by atoms with E-state index in [1.165, 1.54) is 0 Å². The third-order valence-electron chi connectivity index (χ3n) is 3.55. The van der Waals surface area contributed by atoms with Crippen LogP contribution < -0.4 is 5.73 Å². The van der Waals surface area contributed by atoms with E-state index in [-0.39, 0.29) is 17.2 Å². The van der Waals surface area contributed by atoms with Crippen molar-refractivity contribution in [2.45, 2.75) is 52.5 Å². The second-order valence-corrected chi connectivity index (χ2v) is 7.90. The molecule has 5 heteroatoms. The summed E-state index contributed by atoms with van der Waals surface area (Å²) in [4.78, 5) is 0. The van der Waals surface area contributed by atoms with Gasteiger partial charge in [-0.05, 0) is 24.7 Å². The molecule has 0 radical (unpaired) electrons. The molecule has 17 heavy (non-hydrogen) atoms. The van der Waals surface area contributed by atoms with Gasteiger partial charge in [0, 0.05) is 19.1 Å². The van der Waals surface area contributed by atoms with E-state index in [1.807, 2.05) is 6.92 Å². The lowest BCUT2D eigenvalue weighted by Gasteiger charge is -2.36. The van der Waals surface area contributed by atoms with Crippen LogP contribution in [0.4, 0.5) is 0 Å². The third-order valence-corrected chi connectivity index (χ3v) is 5.55. The highest BCUT2D eigenvalue weighted by atomic mass is 32.2. The van der Waals surface area contributed by atoms with Crippen molar-refractivity contribution in [1.82, 2.24) is 4.31 Å². The summed E-state index contributed by atoms with van der Waals surface area (Å²) >= 11 is 0. The molecule has 0 aliphatic carbocycles. The van der Waals surface area contributed by atoms with Crippen LogP contribution in [-0.4, -0.2) is 37.6 Å². The van der Waals surface area contributed by atoms with Gasteiger partial charge in [0.2, 0.25) is 10.0 Å². The van der Waals surface area contributed by atoms with Crippen molar-refractivity contribution in [1.29, 1.82) is 0 Å². The summed E-state index contributed by atoms with van der Waals surface area (Å²) in [6.45, 7) is 7.71. The van der Waals surface area contributed by atoms with Crippen LogP contribution >= 0.6 is 0 Å². The smallest absolute Gasteiger partial charge is 0.215 e. The van der Waals surface area contributed by atoms with Crippen LogP contribution in [0, 0.1) is 5.41 Å². The van der Waals surface area contributed by atoms with E-state index in [0.29, 0.717) is 13.1 Å². The minimum Gasteiger partial charge on any atom is -0.327 e. The summed E-state index contributed by atoms with van der Waals surface area (Å²) in [6.07, 6.45) is 3.59. The average molecular weight is 262 g/mol. The first kappa shape index (κ1) is 14.9. The molecule has 2 N–H and O–H groups in total. The molecule has 1 fully saturated rings. The standard InChI is InChI=1S/C12H26N2O2S/c1-4-5-11(13)10-17(15,16)14-8-6-12(2,3)7-9-14/h11H,4-10,13H2,1-3H3. The van der Waals surface area contributed by atoms with Crippen LogP contribution in [0.5, 0.6) is 0 Å². The van der Waals surface area contributed by atoms with Gasteiger partial charge >= 0.3 is 0 Å². The molecule has 0 aromatic heterocycles. The molecule has 1 saturated heterocycles. The van der Waals surface area contributed by atoms with E-state index in [4.69, 9.17) is 5.73 Å². The van der Waals surface area contributed by atoms with E-state index < -0.39 is 10.0 Å². The van der Waals surface area contributed by atoms with Crippen LogP contribution in [0.1, 0.15) is 46.5 Å². The van der Waals surface area contributed by atoms with Crippen LogP contribution in [0.2, 0.25) is 0 Å². The van der Waals surface area contributed by atoms with Gasteiger partial charge in [-0.2, -0.15) is 0 Å². The zero-order chi connectivity index (χ0) is 13.1. The monoisotopic (exact) mass is 262 g/mol. The molecule has 1 aliphatic rings. The highest BCUT2D eigenvalue weighted by molar-refractivity contribution is 7.89. The summed E-state index contributed by atoms with van der Waals surface area (Å²) in [5.74, 6) is 0.0985. The Morgan fingerprint density at radius 3 is 2.29 bits per heavy atom. The van der Waals surface area contributed by atoms with Crippen molar-refractivity contribution in [2.75, 3.05) is 18.8 Å². The minimum atomic E-state index is -3.15. The molecule has 1 unspecified atom stereocenters. The topological polar surface area (TPSA) is 63.4 Å². The number of rotatable bonds is 5. The summed E-state index contributed by atoms with van der Waals surface area (Å²) in [7, 11) is -3.15. The van der Waals surface area contributed by atoms with Gasteiger partial charge in [0.15, 0.2) is 0 Å². The van der Waals surface area contributed by atoms with Crippen LogP contribution in [0.15, 0.2) is 0 Å². The fraction of sp³-hybridized carbons (Fsp3) is 1.00. The molecule has 0 bridgehead atoms. The zero-order valence-corrected chi connectivity index (χ0v) is 12.1.